The lowest BCUT2D eigenvalue weighted by molar-refractivity contribution is -0.131. The molecule has 148 valence electrons. The summed E-state index contributed by atoms with van der Waals surface area (Å²) in [5.74, 6) is -5.50. The number of carboxylic acid groups (broad SMARTS) is 1. The quantitative estimate of drug-likeness (QED) is 0.809. The number of amides is 1. The minimum atomic E-state index is -3.31. The van der Waals surface area contributed by atoms with E-state index in [2.05, 4.69) is 4.98 Å². The highest BCUT2D eigenvalue weighted by molar-refractivity contribution is 5.88. The van der Waals surface area contributed by atoms with Crippen LogP contribution in [0.2, 0.25) is 0 Å². The van der Waals surface area contributed by atoms with E-state index in [9.17, 15) is 18.4 Å². The van der Waals surface area contributed by atoms with E-state index in [0.717, 1.165) is 28.3 Å². The molecule has 0 aliphatic carbocycles. The SMILES string of the molecule is Cc1ccc(CC(=O)N2C[C@H](Oc3cc(C(=O)O)cnc3N)C(F)(F)C2)cc1. The molecule has 1 aromatic carbocycles. The number of nitrogens with zero attached hydrogens (tertiary/aromatic N) is 2. The Balaban J connectivity index is 1.72. The lowest BCUT2D eigenvalue weighted by atomic mass is 10.1. The van der Waals surface area contributed by atoms with Crippen LogP contribution in [0.3, 0.4) is 0 Å². The number of nitrogen functional groups attached to an aromatic ring is 1. The van der Waals surface area contributed by atoms with Gasteiger partial charge in [-0.2, -0.15) is 0 Å². The molecule has 1 aliphatic rings. The summed E-state index contributed by atoms with van der Waals surface area (Å²) >= 11 is 0. The van der Waals surface area contributed by atoms with Gasteiger partial charge in [0.1, 0.15) is 0 Å². The lowest BCUT2D eigenvalue weighted by Gasteiger charge is -2.19. The fourth-order valence-corrected chi connectivity index (χ4v) is 2.88. The van der Waals surface area contributed by atoms with Crippen LogP contribution in [0.1, 0.15) is 21.5 Å². The Labute approximate surface area is 159 Å². The van der Waals surface area contributed by atoms with Gasteiger partial charge in [-0.05, 0) is 12.5 Å². The number of alkyl halides is 2. The third-order valence-electron chi connectivity index (χ3n) is 4.49. The molecule has 1 amide bonds. The van der Waals surface area contributed by atoms with E-state index in [0.29, 0.717) is 0 Å². The molecular weight excluding hydrogens is 372 g/mol. The summed E-state index contributed by atoms with van der Waals surface area (Å²) in [6.07, 6.45) is -0.640. The van der Waals surface area contributed by atoms with Crippen molar-refractivity contribution in [3.63, 3.8) is 0 Å². The average molecular weight is 391 g/mol. The molecular formula is C19H19F2N3O4. The summed E-state index contributed by atoms with van der Waals surface area (Å²) in [5.41, 5.74) is 7.13. The first-order chi connectivity index (χ1) is 13.2. The predicted molar refractivity (Wildman–Crippen MR) is 96.4 cm³/mol. The van der Waals surface area contributed by atoms with Crippen LogP contribution in [0.5, 0.6) is 5.75 Å². The zero-order chi connectivity index (χ0) is 20.5. The van der Waals surface area contributed by atoms with E-state index in [4.69, 9.17) is 15.6 Å². The highest BCUT2D eigenvalue weighted by atomic mass is 19.3. The first kappa shape index (κ1) is 19.5. The van der Waals surface area contributed by atoms with Gasteiger partial charge in [-0.3, -0.25) is 4.79 Å². The van der Waals surface area contributed by atoms with Crippen LogP contribution >= 0.6 is 0 Å². The van der Waals surface area contributed by atoms with E-state index < -0.39 is 30.4 Å². The second-order valence-electron chi connectivity index (χ2n) is 6.72. The van der Waals surface area contributed by atoms with Crippen molar-refractivity contribution >= 4 is 17.7 Å². The monoisotopic (exact) mass is 391 g/mol. The molecule has 7 nitrogen and oxygen atoms in total. The van der Waals surface area contributed by atoms with Crippen LogP contribution in [0, 0.1) is 6.92 Å². The number of halogens is 2. The van der Waals surface area contributed by atoms with Gasteiger partial charge in [-0.15, -0.1) is 0 Å². The number of hydrogen-bond acceptors (Lipinski definition) is 5. The molecule has 0 radical (unpaired) electrons. The van der Waals surface area contributed by atoms with Gasteiger partial charge in [0.25, 0.3) is 0 Å². The normalized spacial score (nSPS) is 18.1. The van der Waals surface area contributed by atoms with Gasteiger partial charge in [0.05, 0.1) is 25.1 Å². The number of nitrogens with two attached hydrogens (primary N) is 1. The summed E-state index contributed by atoms with van der Waals surface area (Å²) in [6, 6.07) is 8.28. The Bertz CT molecular complexity index is 903. The number of carbonyl (C=O) groups excluding carboxylic acids is 1. The van der Waals surface area contributed by atoms with Crippen molar-refractivity contribution in [3.05, 3.63) is 53.2 Å². The minimum absolute atomic E-state index is 0.00126. The predicted octanol–water partition coefficient (Wildman–Crippen LogP) is 2.14. The summed E-state index contributed by atoms with van der Waals surface area (Å²) < 4.78 is 34.0. The molecule has 2 heterocycles. The second-order valence-corrected chi connectivity index (χ2v) is 6.72. The van der Waals surface area contributed by atoms with Crippen LogP contribution in [0.25, 0.3) is 0 Å². The Morgan fingerprint density at radius 3 is 2.68 bits per heavy atom. The summed E-state index contributed by atoms with van der Waals surface area (Å²) in [6.45, 7) is 0.789. The molecule has 1 atom stereocenters. The number of carbonyl (C=O) groups is 2. The number of likely N-dealkylation sites (tertiary alicyclic amines) is 1. The third-order valence-corrected chi connectivity index (χ3v) is 4.49. The molecule has 0 unspecified atom stereocenters. The lowest BCUT2D eigenvalue weighted by Crippen LogP contribution is -2.36. The van der Waals surface area contributed by atoms with Crippen LogP contribution in [-0.4, -0.2) is 52.0 Å². The number of hydrogen-bond donors (Lipinski definition) is 2. The maximum absolute atomic E-state index is 14.4. The van der Waals surface area contributed by atoms with E-state index in [1.54, 1.807) is 12.1 Å². The van der Waals surface area contributed by atoms with Gasteiger partial charge in [-0.1, -0.05) is 29.8 Å². The van der Waals surface area contributed by atoms with Gasteiger partial charge in [0, 0.05) is 12.3 Å². The molecule has 1 fully saturated rings. The van der Waals surface area contributed by atoms with Crippen molar-refractivity contribution in [2.24, 2.45) is 0 Å². The largest absolute Gasteiger partial charge is 0.478 e. The van der Waals surface area contributed by atoms with Gasteiger partial charge in [0.15, 0.2) is 17.7 Å². The first-order valence-corrected chi connectivity index (χ1v) is 8.52. The number of aromatic nitrogens is 1. The van der Waals surface area contributed by atoms with Gasteiger partial charge in [0.2, 0.25) is 5.91 Å². The second kappa shape index (κ2) is 7.41. The number of benzene rings is 1. The van der Waals surface area contributed by atoms with Gasteiger partial charge < -0.3 is 20.5 Å². The zero-order valence-electron chi connectivity index (χ0n) is 15.1. The molecule has 1 saturated heterocycles. The van der Waals surface area contributed by atoms with Crippen molar-refractivity contribution in [1.29, 1.82) is 0 Å². The molecule has 0 bridgehead atoms. The Morgan fingerprint density at radius 1 is 1.36 bits per heavy atom. The molecule has 9 heteroatoms. The fourth-order valence-electron chi connectivity index (χ4n) is 2.88. The van der Waals surface area contributed by atoms with Crippen molar-refractivity contribution in [2.75, 3.05) is 18.8 Å². The molecule has 28 heavy (non-hydrogen) atoms. The number of ether oxygens (including phenoxy) is 1. The average Bonchev–Trinajstić information content (AvgIpc) is 2.93. The van der Waals surface area contributed by atoms with Crippen molar-refractivity contribution in [1.82, 2.24) is 9.88 Å². The van der Waals surface area contributed by atoms with E-state index in [1.807, 2.05) is 19.1 Å². The maximum Gasteiger partial charge on any atom is 0.337 e. The van der Waals surface area contributed by atoms with Crippen molar-refractivity contribution in [2.45, 2.75) is 25.4 Å². The van der Waals surface area contributed by atoms with E-state index in [-0.39, 0.29) is 30.1 Å². The standard InChI is InChI=1S/C19H19F2N3O4/c1-11-2-4-12(5-3-11)6-16(25)24-9-15(19(20,21)10-24)28-14-7-13(18(26)27)8-23-17(14)22/h2-5,7-8,15H,6,9-10H2,1H3,(H2,22,23)(H,26,27)/t15-/m0/s1. The fraction of sp³-hybridized carbons (Fsp3) is 0.316. The smallest absolute Gasteiger partial charge is 0.337 e. The maximum atomic E-state index is 14.4. The Kier molecular flexibility index (Phi) is 5.17. The molecule has 0 spiro atoms. The summed E-state index contributed by atoms with van der Waals surface area (Å²) in [7, 11) is 0. The minimum Gasteiger partial charge on any atom is -0.478 e. The molecule has 2 aromatic rings. The number of carboxylic acids is 1. The highest BCUT2D eigenvalue weighted by Gasteiger charge is 2.51. The van der Waals surface area contributed by atoms with Crippen molar-refractivity contribution in [3.8, 4) is 5.75 Å². The summed E-state index contributed by atoms with van der Waals surface area (Å²) in [5, 5.41) is 9.00. The summed E-state index contributed by atoms with van der Waals surface area (Å²) in [4.78, 5) is 28.1. The van der Waals surface area contributed by atoms with Gasteiger partial charge >= 0.3 is 11.9 Å². The van der Waals surface area contributed by atoms with Crippen LogP contribution in [0.4, 0.5) is 14.6 Å². The van der Waals surface area contributed by atoms with Crippen LogP contribution in [-0.2, 0) is 11.2 Å². The molecule has 1 aliphatic heterocycles. The number of rotatable bonds is 5. The van der Waals surface area contributed by atoms with E-state index >= 15 is 0 Å². The number of aryl methyl sites for hydroxylation is 1. The van der Waals surface area contributed by atoms with Crippen LogP contribution < -0.4 is 10.5 Å². The Hall–Kier alpha value is -3.23. The molecule has 3 rings (SSSR count). The number of anilines is 1. The highest BCUT2D eigenvalue weighted by Crippen LogP contribution is 2.33. The molecule has 0 saturated carbocycles. The Morgan fingerprint density at radius 2 is 2.04 bits per heavy atom. The zero-order valence-corrected chi connectivity index (χ0v) is 15.1. The first-order valence-electron chi connectivity index (χ1n) is 8.52. The molecule has 1 aromatic heterocycles. The van der Waals surface area contributed by atoms with Gasteiger partial charge in [-0.25, -0.2) is 18.6 Å². The van der Waals surface area contributed by atoms with E-state index in [1.165, 1.54) is 0 Å². The number of aromatic carboxylic acids is 1. The van der Waals surface area contributed by atoms with Crippen molar-refractivity contribution < 1.29 is 28.2 Å². The van der Waals surface area contributed by atoms with Crippen LogP contribution in [0.15, 0.2) is 36.5 Å². The third kappa shape index (κ3) is 4.19. The number of pyridine rings is 1. The molecule has 3 N–H and O–H groups in total. The topological polar surface area (TPSA) is 106 Å².